The average molecular weight is 409 g/mol. The molecule has 0 aromatic heterocycles. The van der Waals surface area contributed by atoms with Crippen LogP contribution in [0.4, 0.5) is 0 Å². The molecule has 0 radical (unpaired) electrons. The Hall–Kier alpha value is -2.17. The van der Waals surface area contributed by atoms with Crippen LogP contribution in [0.2, 0.25) is 0 Å². The van der Waals surface area contributed by atoms with Gasteiger partial charge in [-0.25, -0.2) is 0 Å². The van der Waals surface area contributed by atoms with E-state index in [2.05, 4.69) is 35.2 Å². The minimum absolute atomic E-state index is 0.0166. The lowest BCUT2D eigenvalue weighted by molar-refractivity contribution is 0.0255. The molecular formula is C26H36N2O2. The molecule has 4 heteroatoms. The Morgan fingerprint density at radius 1 is 1.03 bits per heavy atom. The molecule has 0 spiro atoms. The van der Waals surface area contributed by atoms with Gasteiger partial charge in [0, 0.05) is 25.2 Å². The summed E-state index contributed by atoms with van der Waals surface area (Å²) in [6.45, 7) is 7.91. The molecule has 1 unspecified atom stereocenters. The SMILES string of the molecule is CC(C)(O)CN(CC1CCCN(CCc2ccccc2)CC1)C(=O)c1ccccc1. The molecule has 30 heavy (non-hydrogen) atoms. The zero-order chi connectivity index (χ0) is 21.4. The van der Waals surface area contributed by atoms with E-state index in [1.54, 1.807) is 13.8 Å². The van der Waals surface area contributed by atoms with Crippen LogP contribution < -0.4 is 0 Å². The number of hydrogen-bond donors (Lipinski definition) is 1. The van der Waals surface area contributed by atoms with E-state index in [-0.39, 0.29) is 5.91 Å². The van der Waals surface area contributed by atoms with Crippen LogP contribution >= 0.6 is 0 Å². The van der Waals surface area contributed by atoms with Crippen molar-refractivity contribution in [1.82, 2.24) is 9.80 Å². The first-order valence-corrected chi connectivity index (χ1v) is 11.2. The van der Waals surface area contributed by atoms with Crippen molar-refractivity contribution in [3.63, 3.8) is 0 Å². The number of benzene rings is 2. The van der Waals surface area contributed by atoms with Crippen molar-refractivity contribution in [1.29, 1.82) is 0 Å². The summed E-state index contributed by atoms with van der Waals surface area (Å²) in [7, 11) is 0. The lowest BCUT2D eigenvalue weighted by Gasteiger charge is -2.32. The molecule has 0 bridgehead atoms. The van der Waals surface area contributed by atoms with Gasteiger partial charge in [0.25, 0.3) is 5.91 Å². The smallest absolute Gasteiger partial charge is 0.253 e. The normalized spacial score (nSPS) is 18.0. The van der Waals surface area contributed by atoms with Crippen LogP contribution in [0.15, 0.2) is 60.7 Å². The predicted octanol–water partition coefficient (Wildman–Crippen LogP) is 4.24. The summed E-state index contributed by atoms with van der Waals surface area (Å²) < 4.78 is 0. The predicted molar refractivity (Wildman–Crippen MR) is 123 cm³/mol. The van der Waals surface area contributed by atoms with E-state index in [0.717, 1.165) is 45.3 Å². The number of likely N-dealkylation sites (tertiary alicyclic amines) is 1. The summed E-state index contributed by atoms with van der Waals surface area (Å²) in [5, 5.41) is 10.4. The highest BCUT2D eigenvalue weighted by Gasteiger charge is 2.27. The van der Waals surface area contributed by atoms with Gasteiger partial charge in [0.15, 0.2) is 0 Å². The second-order valence-corrected chi connectivity index (χ2v) is 9.24. The molecule has 2 aromatic carbocycles. The van der Waals surface area contributed by atoms with Crippen molar-refractivity contribution in [3.8, 4) is 0 Å². The molecule has 1 saturated heterocycles. The van der Waals surface area contributed by atoms with E-state index in [1.165, 1.54) is 5.56 Å². The standard InChI is InChI=1S/C26H36N2O2/c1-26(2,30)21-28(25(29)24-13-7-4-8-14-24)20-23-12-9-17-27(19-16-23)18-15-22-10-5-3-6-11-22/h3-8,10-11,13-14,23,30H,9,12,15-21H2,1-2H3. The summed E-state index contributed by atoms with van der Waals surface area (Å²) in [6, 6.07) is 20.1. The Morgan fingerprint density at radius 3 is 2.37 bits per heavy atom. The first kappa shape index (κ1) is 22.5. The molecule has 0 saturated carbocycles. The number of carbonyl (C=O) groups excluding carboxylic acids is 1. The highest BCUT2D eigenvalue weighted by Crippen LogP contribution is 2.21. The summed E-state index contributed by atoms with van der Waals surface area (Å²) in [5.41, 5.74) is 1.18. The summed E-state index contributed by atoms with van der Waals surface area (Å²) in [4.78, 5) is 17.5. The van der Waals surface area contributed by atoms with Crippen molar-refractivity contribution in [2.24, 2.45) is 5.92 Å². The highest BCUT2D eigenvalue weighted by molar-refractivity contribution is 5.94. The zero-order valence-electron chi connectivity index (χ0n) is 18.5. The monoisotopic (exact) mass is 408 g/mol. The van der Waals surface area contributed by atoms with Crippen LogP contribution in [-0.2, 0) is 6.42 Å². The van der Waals surface area contributed by atoms with Gasteiger partial charge in [0.1, 0.15) is 0 Å². The minimum atomic E-state index is -0.906. The maximum Gasteiger partial charge on any atom is 0.253 e. The van der Waals surface area contributed by atoms with E-state index >= 15 is 0 Å². The third kappa shape index (κ3) is 7.26. The van der Waals surface area contributed by atoms with Crippen LogP contribution in [0.3, 0.4) is 0 Å². The molecule has 1 aliphatic heterocycles. The van der Waals surface area contributed by atoms with E-state index in [1.807, 2.05) is 35.2 Å². The molecular weight excluding hydrogens is 372 g/mol. The van der Waals surface area contributed by atoms with E-state index in [4.69, 9.17) is 0 Å². The van der Waals surface area contributed by atoms with Crippen molar-refractivity contribution in [3.05, 3.63) is 71.8 Å². The van der Waals surface area contributed by atoms with Crippen molar-refractivity contribution >= 4 is 5.91 Å². The van der Waals surface area contributed by atoms with Gasteiger partial charge >= 0.3 is 0 Å². The molecule has 0 aliphatic carbocycles. The number of nitrogens with zero attached hydrogens (tertiary/aromatic N) is 2. The van der Waals surface area contributed by atoms with Crippen molar-refractivity contribution in [2.75, 3.05) is 32.7 Å². The molecule has 1 N–H and O–H groups in total. The molecule has 1 fully saturated rings. The molecule has 2 aromatic rings. The molecule has 1 atom stereocenters. The van der Waals surface area contributed by atoms with Gasteiger partial charge in [-0.15, -0.1) is 0 Å². The van der Waals surface area contributed by atoms with Crippen molar-refractivity contribution in [2.45, 2.75) is 45.1 Å². The lowest BCUT2D eigenvalue weighted by atomic mass is 9.98. The lowest BCUT2D eigenvalue weighted by Crippen LogP contribution is -2.44. The van der Waals surface area contributed by atoms with E-state index < -0.39 is 5.60 Å². The Balaban J connectivity index is 1.57. The molecule has 3 rings (SSSR count). The van der Waals surface area contributed by atoms with Gasteiger partial charge < -0.3 is 14.9 Å². The van der Waals surface area contributed by atoms with Gasteiger partial charge in [0.05, 0.1) is 5.60 Å². The number of aliphatic hydroxyl groups is 1. The van der Waals surface area contributed by atoms with Crippen LogP contribution in [0.5, 0.6) is 0 Å². The van der Waals surface area contributed by atoms with Gasteiger partial charge in [-0.2, -0.15) is 0 Å². The number of rotatable bonds is 8. The number of carbonyl (C=O) groups is 1. The van der Waals surface area contributed by atoms with Crippen LogP contribution in [-0.4, -0.2) is 59.1 Å². The van der Waals surface area contributed by atoms with Crippen LogP contribution in [0.1, 0.15) is 49.0 Å². The van der Waals surface area contributed by atoms with E-state index in [9.17, 15) is 9.90 Å². The van der Waals surface area contributed by atoms with Crippen LogP contribution in [0, 0.1) is 5.92 Å². The summed E-state index contributed by atoms with van der Waals surface area (Å²) in [6.07, 6.45) is 4.48. The Kier molecular flexibility index (Phi) is 8.06. The fraction of sp³-hybridized carbons (Fsp3) is 0.500. The third-order valence-electron chi connectivity index (χ3n) is 5.86. The Morgan fingerprint density at radius 2 is 1.70 bits per heavy atom. The average Bonchev–Trinajstić information content (AvgIpc) is 2.97. The Bertz CT molecular complexity index is 771. The summed E-state index contributed by atoms with van der Waals surface area (Å²) >= 11 is 0. The largest absolute Gasteiger partial charge is 0.389 e. The number of amides is 1. The van der Waals surface area contributed by atoms with Gasteiger partial charge in [-0.1, -0.05) is 48.5 Å². The molecule has 162 valence electrons. The molecule has 1 amide bonds. The molecule has 1 aliphatic rings. The second kappa shape index (κ2) is 10.7. The topological polar surface area (TPSA) is 43.8 Å². The van der Waals surface area contributed by atoms with E-state index in [0.29, 0.717) is 24.6 Å². The minimum Gasteiger partial charge on any atom is -0.389 e. The second-order valence-electron chi connectivity index (χ2n) is 9.24. The number of hydrogen-bond acceptors (Lipinski definition) is 3. The summed E-state index contributed by atoms with van der Waals surface area (Å²) in [5.74, 6) is 0.490. The first-order valence-electron chi connectivity index (χ1n) is 11.2. The fourth-order valence-corrected chi connectivity index (χ4v) is 4.32. The molecule has 1 heterocycles. The zero-order valence-corrected chi connectivity index (χ0v) is 18.5. The third-order valence-corrected chi connectivity index (χ3v) is 5.86. The molecule has 4 nitrogen and oxygen atoms in total. The van der Waals surface area contributed by atoms with Gasteiger partial charge in [-0.3, -0.25) is 4.79 Å². The Labute approximate surface area is 181 Å². The highest BCUT2D eigenvalue weighted by atomic mass is 16.3. The van der Waals surface area contributed by atoms with Gasteiger partial charge in [0.2, 0.25) is 0 Å². The fourth-order valence-electron chi connectivity index (χ4n) is 4.32. The maximum absolute atomic E-state index is 13.1. The quantitative estimate of drug-likeness (QED) is 0.710. The van der Waals surface area contributed by atoms with Crippen LogP contribution in [0.25, 0.3) is 0 Å². The van der Waals surface area contributed by atoms with Crippen molar-refractivity contribution < 1.29 is 9.90 Å². The first-order chi connectivity index (χ1) is 14.4. The van der Waals surface area contributed by atoms with Gasteiger partial charge in [-0.05, 0) is 76.2 Å². The maximum atomic E-state index is 13.1.